The summed E-state index contributed by atoms with van der Waals surface area (Å²) in [6.45, 7) is 4.57. The highest BCUT2D eigenvalue weighted by Gasteiger charge is 1.66. The molecule has 0 spiro atoms. The molecule has 0 radical (unpaired) electrons. The van der Waals surface area contributed by atoms with Gasteiger partial charge in [0.1, 0.15) is 5.78 Å². The van der Waals surface area contributed by atoms with Gasteiger partial charge in [-0.15, -0.1) is 0 Å². The van der Waals surface area contributed by atoms with Gasteiger partial charge in [-0.05, 0) is 36.4 Å². The lowest BCUT2D eigenvalue weighted by Gasteiger charge is -1.56. The van der Waals surface area contributed by atoms with Crippen molar-refractivity contribution in [3.63, 3.8) is 0 Å². The summed E-state index contributed by atoms with van der Waals surface area (Å²) in [5.41, 5.74) is 0. The first-order valence-electron chi connectivity index (χ1n) is 2.10. The molecular weight excluding hydrogens is 219 g/mol. The Morgan fingerprint density at radius 2 is 1.12 bits per heavy atom. The molecule has 0 aliphatic heterocycles. The molecule has 0 bridgehead atoms. The van der Waals surface area contributed by atoms with E-state index in [-0.39, 0.29) is 9.57 Å². The van der Waals surface area contributed by atoms with Crippen LogP contribution in [0.1, 0.15) is 20.8 Å². The second-order valence-corrected chi connectivity index (χ2v) is 2.90. The first-order valence-corrected chi connectivity index (χ1v) is 3.18. The van der Waals surface area contributed by atoms with Gasteiger partial charge in [-0.3, -0.25) is 4.79 Å². The number of rotatable bonds is 0. The lowest BCUT2D eigenvalue weighted by molar-refractivity contribution is -0.115. The number of hydrogen-bond donors (Lipinski definition) is 0. The summed E-state index contributed by atoms with van der Waals surface area (Å²) in [6.07, 6.45) is 0. The van der Waals surface area contributed by atoms with Gasteiger partial charge in [0.2, 0.25) is 0 Å². The molecule has 48 valence electrons. The molecule has 0 rings (SSSR count). The van der Waals surface area contributed by atoms with Crippen molar-refractivity contribution < 1.29 is 9.59 Å². The maximum absolute atomic E-state index is 9.44. The second kappa shape index (κ2) is 7.07. The Bertz CT molecular complexity index is 68.4. The lowest BCUT2D eigenvalue weighted by Crippen LogP contribution is -1.69. The van der Waals surface area contributed by atoms with Gasteiger partial charge in [0.05, 0.1) is 0 Å². The molecule has 0 saturated carbocycles. The van der Waals surface area contributed by atoms with Crippen LogP contribution in [0, 0.1) is 0 Å². The first kappa shape index (κ1) is 10.9. The predicted molar refractivity (Wildman–Crippen MR) is 41.1 cm³/mol. The third-order valence-corrected chi connectivity index (χ3v) is 0. The van der Waals surface area contributed by atoms with Crippen LogP contribution >= 0.6 is 22.6 Å². The van der Waals surface area contributed by atoms with Gasteiger partial charge in [-0.1, -0.05) is 0 Å². The topological polar surface area (TPSA) is 34.1 Å². The Morgan fingerprint density at radius 3 is 1.12 bits per heavy atom. The van der Waals surface area contributed by atoms with Crippen molar-refractivity contribution in [3.05, 3.63) is 0 Å². The number of ketones is 1. The molecule has 3 heteroatoms. The smallest absolute Gasteiger partial charge is 0.189 e. The van der Waals surface area contributed by atoms with Crippen LogP contribution in [0.25, 0.3) is 0 Å². The molecule has 0 unspecified atom stereocenters. The average molecular weight is 228 g/mol. The molecule has 2 nitrogen and oxygen atoms in total. The zero-order chi connectivity index (χ0) is 7.15. The Labute approximate surface area is 62.8 Å². The number of halogens is 1. The zero-order valence-corrected chi connectivity index (χ0v) is 7.35. The largest absolute Gasteiger partial charge is 0.300 e. The Balaban J connectivity index is 0. The van der Waals surface area contributed by atoms with Gasteiger partial charge < -0.3 is 4.79 Å². The normalized spacial score (nSPS) is 6.50. The van der Waals surface area contributed by atoms with E-state index < -0.39 is 0 Å². The Hall–Kier alpha value is 0.0700. The second-order valence-electron chi connectivity index (χ2n) is 1.38. The fourth-order valence-electron chi connectivity index (χ4n) is 0. The van der Waals surface area contributed by atoms with Crippen molar-refractivity contribution in [2.75, 3.05) is 0 Å². The monoisotopic (exact) mass is 228 g/mol. The fourth-order valence-corrected chi connectivity index (χ4v) is 0. The maximum atomic E-state index is 9.44. The van der Waals surface area contributed by atoms with E-state index in [4.69, 9.17) is 0 Å². The highest BCUT2D eigenvalue weighted by Crippen LogP contribution is 1.76. The minimum Gasteiger partial charge on any atom is -0.300 e. The van der Waals surface area contributed by atoms with Gasteiger partial charge in [0.25, 0.3) is 0 Å². The van der Waals surface area contributed by atoms with Crippen LogP contribution in [-0.2, 0) is 9.59 Å². The SMILES string of the molecule is CC(=O)I.CC(C)=O. The summed E-state index contributed by atoms with van der Waals surface area (Å²) in [4.78, 5) is 18.9. The van der Waals surface area contributed by atoms with Crippen LogP contribution in [0.2, 0.25) is 0 Å². The molecule has 0 saturated heterocycles. The van der Waals surface area contributed by atoms with Crippen molar-refractivity contribution >= 4 is 32.2 Å². The summed E-state index contributed by atoms with van der Waals surface area (Å²) in [6, 6.07) is 0. The molecule has 0 aliphatic carbocycles. The quantitative estimate of drug-likeness (QED) is 0.465. The highest BCUT2D eigenvalue weighted by molar-refractivity contribution is 14.1. The first-order chi connectivity index (χ1) is 3.46. The molecule has 0 aromatic rings. The molecule has 0 aromatic heterocycles. The Kier molecular flexibility index (Phi) is 9.68. The third kappa shape index (κ3) is 31800. The van der Waals surface area contributed by atoms with Crippen LogP contribution < -0.4 is 0 Å². The van der Waals surface area contributed by atoms with E-state index >= 15 is 0 Å². The summed E-state index contributed by atoms with van der Waals surface area (Å²) in [5, 5.41) is 0. The number of Topliss-reactive ketones (excluding diaryl/α,β-unsaturated/α-hetero) is 1. The van der Waals surface area contributed by atoms with Crippen LogP contribution in [0.15, 0.2) is 0 Å². The standard InChI is InChI=1S/C3H6O.C2H3IO/c1-3(2)4;1-2(3)4/h1-2H3;1H3. The number of carbonyl (C=O) groups excluding carboxylic acids is 2. The van der Waals surface area contributed by atoms with Crippen LogP contribution in [-0.4, -0.2) is 9.57 Å². The minimum absolute atomic E-state index is 0.137. The van der Waals surface area contributed by atoms with Crippen LogP contribution in [0.5, 0.6) is 0 Å². The summed E-state index contributed by atoms with van der Waals surface area (Å²) < 4.78 is 0.137. The predicted octanol–water partition coefficient (Wildman–Crippen LogP) is 1.56. The molecule has 0 amide bonds. The minimum atomic E-state index is 0.137. The summed E-state index contributed by atoms with van der Waals surface area (Å²) in [5.74, 6) is 0.167. The molecule has 0 heterocycles. The molecular formula is C5H9IO2. The van der Waals surface area contributed by atoms with Gasteiger partial charge in [0, 0.05) is 6.92 Å². The van der Waals surface area contributed by atoms with Crippen LogP contribution in [0.4, 0.5) is 0 Å². The summed E-state index contributed by atoms with van der Waals surface area (Å²) in [7, 11) is 0. The molecule has 0 fully saturated rings. The molecule has 0 aromatic carbocycles. The summed E-state index contributed by atoms with van der Waals surface area (Å²) >= 11 is 1.70. The number of carbonyl (C=O) groups is 2. The van der Waals surface area contributed by atoms with Crippen molar-refractivity contribution in [1.82, 2.24) is 0 Å². The maximum Gasteiger partial charge on any atom is 0.189 e. The highest BCUT2D eigenvalue weighted by atomic mass is 127. The van der Waals surface area contributed by atoms with E-state index in [1.165, 1.54) is 20.8 Å². The zero-order valence-electron chi connectivity index (χ0n) is 5.19. The van der Waals surface area contributed by atoms with Gasteiger partial charge >= 0.3 is 0 Å². The van der Waals surface area contributed by atoms with Gasteiger partial charge in [-0.25, -0.2) is 0 Å². The van der Waals surface area contributed by atoms with Gasteiger partial charge in [0.15, 0.2) is 3.79 Å². The van der Waals surface area contributed by atoms with Crippen molar-refractivity contribution in [1.29, 1.82) is 0 Å². The van der Waals surface area contributed by atoms with Crippen molar-refractivity contribution in [3.8, 4) is 0 Å². The number of hydrogen-bond acceptors (Lipinski definition) is 2. The van der Waals surface area contributed by atoms with E-state index in [9.17, 15) is 9.59 Å². The van der Waals surface area contributed by atoms with E-state index in [1.54, 1.807) is 22.6 Å². The van der Waals surface area contributed by atoms with Gasteiger partial charge in [-0.2, -0.15) is 0 Å². The van der Waals surface area contributed by atoms with E-state index in [0.29, 0.717) is 0 Å². The van der Waals surface area contributed by atoms with Crippen LogP contribution in [0.3, 0.4) is 0 Å². The van der Waals surface area contributed by atoms with Crippen molar-refractivity contribution in [2.45, 2.75) is 20.8 Å². The molecule has 0 atom stereocenters. The van der Waals surface area contributed by atoms with E-state index in [1.807, 2.05) is 0 Å². The third-order valence-electron chi connectivity index (χ3n) is 0. The average Bonchev–Trinajstić information content (AvgIpc) is 1.25. The van der Waals surface area contributed by atoms with E-state index in [0.717, 1.165) is 0 Å². The lowest BCUT2D eigenvalue weighted by atomic mass is 10.6. The fraction of sp³-hybridized carbons (Fsp3) is 0.600. The molecule has 0 aliphatic rings. The molecule has 0 N–H and O–H groups in total. The molecule has 8 heavy (non-hydrogen) atoms. The van der Waals surface area contributed by atoms with E-state index in [2.05, 4.69) is 0 Å². The van der Waals surface area contributed by atoms with Crippen molar-refractivity contribution in [2.24, 2.45) is 0 Å². The Morgan fingerprint density at radius 1 is 1.12 bits per heavy atom.